The largest absolute Gasteiger partial charge is 1.00 e. The molecule has 43 heavy (non-hydrogen) atoms. The minimum atomic E-state index is -0.920. The van der Waals surface area contributed by atoms with E-state index < -0.39 is 5.97 Å². The van der Waals surface area contributed by atoms with Gasteiger partial charge in [0.15, 0.2) is 11.5 Å². The standard InChI is InChI=1S/C18H27NO3.C15H14ClNO3.Na.H/c1-14(2)8-6-4-5-7-9-18(21)19-13-15-10-11-16(20)17(12-15)22-3;1-9-7-12(8-13(18)19)17(2)14(9)15(20)10-3-5-11(16)6-4-10;;/h6,8,10-12,14,20H,4-5,7,9,13H2,1-3H3,(H,19,21);3-7H,8H2,1-2H3,(H,18,19);;/q;;+1;-1/b8-6-;;;. The molecule has 0 fully saturated rings. The Bertz CT molecular complexity index is 1390. The van der Waals surface area contributed by atoms with Gasteiger partial charge in [0.05, 0.1) is 19.2 Å². The van der Waals surface area contributed by atoms with Crippen LogP contribution in [0.5, 0.6) is 11.5 Å². The number of carboxylic acid groups (broad SMARTS) is 1. The number of benzene rings is 2. The first-order valence-electron chi connectivity index (χ1n) is 13.9. The van der Waals surface area contributed by atoms with Crippen molar-refractivity contribution in [1.29, 1.82) is 0 Å². The molecule has 2 aromatic carbocycles. The molecule has 8 nitrogen and oxygen atoms in total. The molecule has 0 atom stereocenters. The maximum atomic E-state index is 12.5. The first-order chi connectivity index (χ1) is 19.9. The van der Waals surface area contributed by atoms with Crippen LogP contribution >= 0.6 is 11.6 Å². The molecular formula is C33H42ClN2NaO6. The number of aryl methyl sites for hydroxylation is 1. The summed E-state index contributed by atoms with van der Waals surface area (Å²) in [6.07, 6.45) is 7.77. The number of methoxy groups -OCH3 is 1. The van der Waals surface area contributed by atoms with E-state index in [4.69, 9.17) is 21.4 Å². The van der Waals surface area contributed by atoms with Crippen LogP contribution in [0.25, 0.3) is 0 Å². The fourth-order valence-corrected chi connectivity index (χ4v) is 4.38. The number of hydrogen-bond acceptors (Lipinski definition) is 5. The van der Waals surface area contributed by atoms with Gasteiger partial charge in [0.2, 0.25) is 11.7 Å². The van der Waals surface area contributed by atoms with Crippen molar-refractivity contribution in [3.05, 3.63) is 93.8 Å². The third kappa shape index (κ3) is 13.0. The maximum absolute atomic E-state index is 12.5. The molecule has 0 bridgehead atoms. The average molecular weight is 621 g/mol. The van der Waals surface area contributed by atoms with Gasteiger partial charge >= 0.3 is 35.5 Å². The summed E-state index contributed by atoms with van der Waals surface area (Å²) in [6, 6.07) is 13.4. The van der Waals surface area contributed by atoms with E-state index in [1.807, 2.05) is 0 Å². The monoisotopic (exact) mass is 620 g/mol. The van der Waals surface area contributed by atoms with E-state index in [-0.39, 0.29) is 54.8 Å². The molecule has 0 unspecified atom stereocenters. The van der Waals surface area contributed by atoms with Gasteiger partial charge in [-0.2, -0.15) is 0 Å². The first-order valence-corrected chi connectivity index (χ1v) is 14.3. The Labute approximate surface area is 282 Å². The first kappa shape index (κ1) is 38.0. The van der Waals surface area contributed by atoms with Crippen molar-refractivity contribution in [3.63, 3.8) is 0 Å². The molecule has 228 valence electrons. The van der Waals surface area contributed by atoms with Crippen LogP contribution in [-0.2, 0) is 29.6 Å². The zero-order valence-electron chi connectivity index (χ0n) is 26.9. The van der Waals surface area contributed by atoms with Gasteiger partial charge in [-0.15, -0.1) is 0 Å². The van der Waals surface area contributed by atoms with E-state index in [0.717, 1.165) is 30.4 Å². The quantitative estimate of drug-likeness (QED) is 0.116. The van der Waals surface area contributed by atoms with Gasteiger partial charge in [-0.25, -0.2) is 0 Å². The number of rotatable bonds is 13. The second kappa shape index (κ2) is 19.3. The zero-order chi connectivity index (χ0) is 31.2. The van der Waals surface area contributed by atoms with Gasteiger partial charge in [-0.1, -0.05) is 43.7 Å². The molecule has 0 aliphatic heterocycles. The Morgan fingerprint density at radius 3 is 2.37 bits per heavy atom. The van der Waals surface area contributed by atoms with Crippen molar-refractivity contribution in [3.8, 4) is 11.5 Å². The molecule has 0 spiro atoms. The number of aliphatic carboxylic acids is 1. The topological polar surface area (TPSA) is 118 Å². The molecule has 0 saturated carbocycles. The van der Waals surface area contributed by atoms with E-state index >= 15 is 0 Å². The minimum Gasteiger partial charge on any atom is -1.00 e. The van der Waals surface area contributed by atoms with E-state index in [9.17, 15) is 19.5 Å². The van der Waals surface area contributed by atoms with Gasteiger partial charge in [-0.05, 0) is 85.7 Å². The Kier molecular flexibility index (Phi) is 17.0. The Hall–Kier alpha value is -3.04. The molecule has 0 aliphatic rings. The molecule has 1 heterocycles. The predicted octanol–water partition coefficient (Wildman–Crippen LogP) is 3.75. The fraction of sp³-hybridized carbons (Fsp3) is 0.364. The number of ether oxygens (including phenoxy) is 1. The second-order valence-electron chi connectivity index (χ2n) is 10.3. The number of aromatic hydroxyl groups is 1. The molecule has 0 aliphatic carbocycles. The number of nitrogens with zero attached hydrogens (tertiary/aromatic N) is 1. The van der Waals surface area contributed by atoms with Crippen LogP contribution in [0.1, 0.15) is 73.8 Å². The van der Waals surface area contributed by atoms with Gasteiger partial charge in [-0.3, -0.25) is 14.4 Å². The van der Waals surface area contributed by atoms with Crippen molar-refractivity contribution in [2.24, 2.45) is 13.0 Å². The number of hydrogen-bond donors (Lipinski definition) is 3. The average Bonchev–Trinajstić information content (AvgIpc) is 3.21. The summed E-state index contributed by atoms with van der Waals surface area (Å²) in [5.74, 6) is 0.107. The van der Waals surface area contributed by atoms with E-state index in [1.165, 1.54) is 7.11 Å². The van der Waals surface area contributed by atoms with Crippen molar-refractivity contribution in [1.82, 2.24) is 9.88 Å². The summed E-state index contributed by atoms with van der Waals surface area (Å²) in [6.45, 7) is 6.56. The third-order valence-corrected chi connectivity index (χ3v) is 6.71. The number of ketones is 1. The maximum Gasteiger partial charge on any atom is 1.00 e. The molecule has 3 N–H and O–H groups in total. The summed E-state index contributed by atoms with van der Waals surface area (Å²) < 4.78 is 6.68. The van der Waals surface area contributed by atoms with Crippen LogP contribution in [0.3, 0.4) is 0 Å². The van der Waals surface area contributed by atoms with Crippen molar-refractivity contribution >= 4 is 29.3 Å². The number of phenolic OH excluding ortho intramolecular Hbond substituents is 1. The van der Waals surface area contributed by atoms with Gasteiger partial charge in [0, 0.05) is 36.3 Å². The van der Waals surface area contributed by atoms with Crippen molar-refractivity contribution in [2.75, 3.05) is 7.11 Å². The number of nitrogens with one attached hydrogen (secondary N) is 1. The van der Waals surface area contributed by atoms with E-state index in [0.29, 0.717) is 46.6 Å². The van der Waals surface area contributed by atoms with Gasteiger partial charge in [0.25, 0.3) is 0 Å². The summed E-state index contributed by atoms with van der Waals surface area (Å²) in [4.78, 5) is 35.1. The van der Waals surface area contributed by atoms with Gasteiger partial charge in [0.1, 0.15) is 0 Å². The molecule has 1 amide bonds. The molecular weight excluding hydrogens is 579 g/mol. The number of phenols is 1. The summed E-state index contributed by atoms with van der Waals surface area (Å²) >= 11 is 5.80. The molecule has 0 radical (unpaired) electrons. The second-order valence-corrected chi connectivity index (χ2v) is 10.8. The zero-order valence-corrected chi connectivity index (χ0v) is 28.7. The smallest absolute Gasteiger partial charge is 1.00 e. The number of carboxylic acids is 1. The Balaban J connectivity index is 0.000000806. The SMILES string of the molecule is COc1cc(CNC(=O)CCCC/C=C\C(C)C)ccc1O.Cc1cc(CC(=O)O)n(C)c1C(=O)c1ccc(Cl)cc1.[H-].[Na+]. The number of allylic oxidation sites excluding steroid dienone is 2. The Morgan fingerprint density at radius 1 is 1.09 bits per heavy atom. The van der Waals surface area contributed by atoms with Crippen LogP contribution < -0.4 is 39.6 Å². The van der Waals surface area contributed by atoms with Crippen LogP contribution in [0, 0.1) is 12.8 Å². The van der Waals surface area contributed by atoms with E-state index in [2.05, 4.69) is 31.3 Å². The molecule has 10 heteroatoms. The van der Waals surface area contributed by atoms with Gasteiger partial charge < -0.3 is 26.3 Å². The van der Waals surface area contributed by atoms with Crippen molar-refractivity contribution < 1.29 is 60.3 Å². The van der Waals surface area contributed by atoms with E-state index in [1.54, 1.807) is 67.1 Å². The number of halogens is 1. The van der Waals surface area contributed by atoms with Crippen LogP contribution in [0.2, 0.25) is 5.02 Å². The molecule has 1 aromatic heterocycles. The summed E-state index contributed by atoms with van der Waals surface area (Å²) in [5, 5.41) is 21.8. The van der Waals surface area contributed by atoms with Crippen LogP contribution in [-0.4, -0.2) is 39.5 Å². The number of carbonyl (C=O) groups is 3. The third-order valence-electron chi connectivity index (χ3n) is 6.46. The molecule has 0 saturated heterocycles. The molecule has 3 rings (SSSR count). The molecule has 3 aromatic rings. The fourth-order valence-electron chi connectivity index (χ4n) is 4.25. The summed E-state index contributed by atoms with van der Waals surface area (Å²) in [5.41, 5.74) is 3.31. The minimum absolute atomic E-state index is 0. The summed E-state index contributed by atoms with van der Waals surface area (Å²) in [7, 11) is 3.21. The van der Waals surface area contributed by atoms with Crippen molar-refractivity contribution in [2.45, 2.75) is 59.4 Å². The normalized spacial score (nSPS) is 10.6. The number of carbonyl (C=O) groups excluding carboxylic acids is 2. The number of amides is 1. The predicted molar refractivity (Wildman–Crippen MR) is 166 cm³/mol. The van der Waals surface area contributed by atoms with Crippen LogP contribution in [0.4, 0.5) is 0 Å². The number of unbranched alkanes of at least 4 members (excludes halogenated alkanes) is 2. The number of aromatic nitrogens is 1. The Morgan fingerprint density at radius 2 is 1.77 bits per heavy atom. The van der Waals surface area contributed by atoms with Crippen LogP contribution in [0.15, 0.2) is 60.7 Å².